The van der Waals surface area contributed by atoms with Crippen LogP contribution in [0.2, 0.25) is 5.02 Å². The molecule has 0 aromatic heterocycles. The number of ether oxygens (including phenoxy) is 2. The highest BCUT2D eigenvalue weighted by atomic mass is 35.5. The van der Waals surface area contributed by atoms with E-state index in [9.17, 15) is 20.1 Å². The maximum absolute atomic E-state index is 11.5. The predicted octanol–water partition coefficient (Wildman–Crippen LogP) is 3.06. The third-order valence-corrected chi connectivity index (χ3v) is 6.76. The number of rotatable bonds is 9. The zero-order valence-corrected chi connectivity index (χ0v) is 21.1. The minimum atomic E-state index is -1.42. The third-order valence-electron chi connectivity index (χ3n) is 6.39. The maximum atomic E-state index is 11.5. The fourth-order valence-corrected chi connectivity index (χ4v) is 4.58. The largest absolute Gasteiger partial charge is 0.494 e. The van der Waals surface area contributed by atoms with Gasteiger partial charge in [0.25, 0.3) is 0 Å². The molecule has 0 saturated carbocycles. The Morgan fingerprint density at radius 1 is 1.03 bits per heavy atom. The lowest BCUT2D eigenvalue weighted by Crippen LogP contribution is -2.56. The quantitative estimate of drug-likeness (QED) is 0.289. The highest BCUT2D eigenvalue weighted by Crippen LogP contribution is 2.35. The van der Waals surface area contributed by atoms with Crippen LogP contribution >= 0.6 is 11.6 Å². The molecule has 9 heteroatoms. The minimum Gasteiger partial charge on any atom is -0.494 e. The van der Waals surface area contributed by atoms with E-state index in [1.807, 2.05) is 37.3 Å². The molecule has 1 amide bonds. The van der Waals surface area contributed by atoms with Gasteiger partial charge in [0.15, 0.2) is 0 Å². The number of benzene rings is 3. The summed E-state index contributed by atoms with van der Waals surface area (Å²) in [7, 11) is 0. The first-order chi connectivity index (χ1) is 17.8. The van der Waals surface area contributed by atoms with Crippen LogP contribution in [0.4, 0.5) is 5.69 Å². The van der Waals surface area contributed by atoms with Crippen molar-refractivity contribution >= 4 is 23.2 Å². The van der Waals surface area contributed by atoms with Gasteiger partial charge >= 0.3 is 0 Å². The fraction of sp³-hybridized carbons (Fsp3) is 0.321. The number of aliphatic hydroxyl groups is 3. The van der Waals surface area contributed by atoms with E-state index in [0.717, 1.165) is 16.9 Å². The predicted molar refractivity (Wildman–Crippen MR) is 141 cm³/mol. The fourth-order valence-electron chi connectivity index (χ4n) is 4.39. The molecule has 1 heterocycles. The molecule has 5 unspecified atom stereocenters. The number of primary amides is 1. The van der Waals surface area contributed by atoms with E-state index >= 15 is 0 Å². The highest BCUT2D eigenvalue weighted by Gasteiger charge is 2.44. The van der Waals surface area contributed by atoms with Crippen molar-refractivity contribution < 1.29 is 29.6 Å². The molecule has 5 atom stereocenters. The number of nitrogens with two attached hydrogens (primary N) is 1. The molecule has 0 bridgehead atoms. The summed E-state index contributed by atoms with van der Waals surface area (Å²) in [4.78, 5) is 11.5. The molecular weight excluding hydrogens is 496 g/mol. The van der Waals surface area contributed by atoms with Crippen molar-refractivity contribution in [1.82, 2.24) is 0 Å². The molecule has 1 saturated heterocycles. The topological polar surface area (TPSA) is 134 Å². The molecule has 8 nitrogen and oxygen atoms in total. The number of carbonyl (C=O) groups excluding carboxylic acids is 1. The van der Waals surface area contributed by atoms with Gasteiger partial charge in [-0.15, -0.1) is 0 Å². The maximum Gasteiger partial charge on any atom is 0.248 e. The van der Waals surface area contributed by atoms with Gasteiger partial charge in [-0.2, -0.15) is 0 Å². The number of hydrogen-bond acceptors (Lipinski definition) is 7. The summed E-state index contributed by atoms with van der Waals surface area (Å²) in [6, 6.07) is 19.7. The Kier molecular flexibility index (Phi) is 8.68. The van der Waals surface area contributed by atoms with Gasteiger partial charge in [0.05, 0.1) is 6.61 Å². The number of aliphatic hydroxyl groups excluding tert-OH is 3. The monoisotopic (exact) mass is 526 g/mol. The highest BCUT2D eigenvalue weighted by molar-refractivity contribution is 6.31. The summed E-state index contributed by atoms with van der Waals surface area (Å²) in [6.45, 7) is 2.64. The van der Waals surface area contributed by atoms with E-state index < -0.39 is 36.4 Å². The Labute approximate surface area is 220 Å². The SMILES string of the molecule is CCOc1ccc(Cc2cc(C3OC(CNc4cccc(C(N)=O)c4)C(O)C(O)C3O)ccc2Cl)cc1. The van der Waals surface area contributed by atoms with E-state index in [-0.39, 0.29) is 6.54 Å². The Balaban J connectivity index is 1.50. The Bertz CT molecular complexity index is 1220. The number of hydrogen-bond donors (Lipinski definition) is 5. The Morgan fingerprint density at radius 3 is 2.49 bits per heavy atom. The first-order valence-electron chi connectivity index (χ1n) is 12.1. The molecule has 6 N–H and O–H groups in total. The lowest BCUT2D eigenvalue weighted by molar-refractivity contribution is -0.220. The molecule has 1 aliphatic rings. The van der Waals surface area contributed by atoms with Gasteiger partial charge in [-0.1, -0.05) is 41.9 Å². The summed E-state index contributed by atoms with van der Waals surface area (Å²) in [5, 5.41) is 35.6. The number of carbonyl (C=O) groups is 1. The minimum absolute atomic E-state index is 0.121. The molecule has 3 aromatic rings. The van der Waals surface area contributed by atoms with Gasteiger partial charge in [-0.3, -0.25) is 4.79 Å². The van der Waals surface area contributed by atoms with Crippen molar-refractivity contribution in [2.75, 3.05) is 18.5 Å². The Morgan fingerprint density at radius 2 is 1.78 bits per heavy atom. The summed E-state index contributed by atoms with van der Waals surface area (Å²) < 4.78 is 11.6. The van der Waals surface area contributed by atoms with Crippen molar-refractivity contribution in [2.24, 2.45) is 5.73 Å². The van der Waals surface area contributed by atoms with Crippen LogP contribution in [0, 0.1) is 0 Å². The average Bonchev–Trinajstić information content (AvgIpc) is 2.90. The van der Waals surface area contributed by atoms with Crippen molar-refractivity contribution in [3.05, 3.63) is 94.0 Å². The molecule has 1 aliphatic heterocycles. The molecule has 4 rings (SSSR count). The van der Waals surface area contributed by atoms with Crippen LogP contribution in [0.1, 0.15) is 40.1 Å². The third kappa shape index (κ3) is 6.41. The first kappa shape index (κ1) is 26.9. The smallest absolute Gasteiger partial charge is 0.248 e. The van der Waals surface area contributed by atoms with Crippen LogP contribution in [0.25, 0.3) is 0 Å². The van der Waals surface area contributed by atoms with E-state index in [0.29, 0.717) is 34.9 Å². The van der Waals surface area contributed by atoms with Crippen molar-refractivity contribution in [3.63, 3.8) is 0 Å². The summed E-state index contributed by atoms with van der Waals surface area (Å²) in [5.41, 5.74) is 8.78. The number of halogens is 1. The lowest BCUT2D eigenvalue weighted by Gasteiger charge is -2.41. The van der Waals surface area contributed by atoms with Gasteiger partial charge in [0, 0.05) is 22.8 Å². The molecule has 196 valence electrons. The van der Waals surface area contributed by atoms with E-state index in [1.54, 1.807) is 36.4 Å². The van der Waals surface area contributed by atoms with E-state index in [2.05, 4.69) is 5.32 Å². The van der Waals surface area contributed by atoms with Gasteiger partial charge < -0.3 is 35.8 Å². The molecular formula is C28H31ClN2O6. The molecule has 0 spiro atoms. The second-order valence-electron chi connectivity index (χ2n) is 9.00. The Hall–Kier alpha value is -3.14. The summed E-state index contributed by atoms with van der Waals surface area (Å²) in [5.74, 6) is 0.235. The summed E-state index contributed by atoms with van der Waals surface area (Å²) >= 11 is 6.48. The zero-order valence-electron chi connectivity index (χ0n) is 20.4. The lowest BCUT2D eigenvalue weighted by atomic mass is 9.90. The van der Waals surface area contributed by atoms with Crippen LogP contribution in [-0.2, 0) is 11.2 Å². The van der Waals surface area contributed by atoms with Gasteiger partial charge in [-0.25, -0.2) is 0 Å². The molecule has 37 heavy (non-hydrogen) atoms. The number of amides is 1. The summed E-state index contributed by atoms with van der Waals surface area (Å²) in [6.07, 6.45) is -5.27. The van der Waals surface area contributed by atoms with Gasteiger partial charge in [0.1, 0.15) is 36.3 Å². The molecule has 1 fully saturated rings. The number of nitrogens with one attached hydrogen (secondary N) is 1. The van der Waals surface area contributed by atoms with Crippen LogP contribution in [0.15, 0.2) is 66.7 Å². The van der Waals surface area contributed by atoms with Crippen LogP contribution in [0.3, 0.4) is 0 Å². The van der Waals surface area contributed by atoms with Crippen LogP contribution in [0.5, 0.6) is 5.75 Å². The normalized spacial score (nSPS) is 23.4. The number of anilines is 1. The standard InChI is InChI=1S/C28H31ClN2O6/c1-2-36-21-9-6-16(7-10-21)12-19-13-17(8-11-22(19)29)27-26(34)25(33)24(32)23(37-27)15-31-20-5-3-4-18(14-20)28(30)35/h3-11,13-14,23-27,31-34H,2,12,15H2,1H3,(H2,30,35). The van der Waals surface area contributed by atoms with Crippen molar-refractivity contribution in [2.45, 2.75) is 43.9 Å². The van der Waals surface area contributed by atoms with Gasteiger partial charge in [0.2, 0.25) is 5.91 Å². The molecule has 0 radical (unpaired) electrons. The first-order valence-corrected chi connectivity index (χ1v) is 12.5. The second kappa shape index (κ2) is 11.9. The van der Waals surface area contributed by atoms with E-state index in [1.165, 1.54) is 0 Å². The second-order valence-corrected chi connectivity index (χ2v) is 9.40. The molecule has 0 aliphatic carbocycles. The average molecular weight is 527 g/mol. The van der Waals surface area contributed by atoms with Crippen LogP contribution in [-0.4, -0.2) is 58.8 Å². The van der Waals surface area contributed by atoms with Crippen molar-refractivity contribution in [3.8, 4) is 5.75 Å². The van der Waals surface area contributed by atoms with E-state index in [4.69, 9.17) is 26.8 Å². The molecule has 3 aromatic carbocycles. The zero-order chi connectivity index (χ0) is 26.5. The van der Waals surface area contributed by atoms with Crippen molar-refractivity contribution in [1.29, 1.82) is 0 Å². The van der Waals surface area contributed by atoms with Crippen LogP contribution < -0.4 is 15.8 Å². The van der Waals surface area contributed by atoms with Gasteiger partial charge in [-0.05, 0) is 66.4 Å².